The third kappa shape index (κ3) is 2.56. The molecule has 1 fully saturated rings. The normalized spacial score (nSPS) is 23.0. The van der Waals surface area contributed by atoms with Gasteiger partial charge >= 0.3 is 0 Å². The quantitative estimate of drug-likeness (QED) is 0.858. The van der Waals surface area contributed by atoms with Crippen LogP contribution in [-0.4, -0.2) is 47.3 Å². The molecule has 1 saturated heterocycles. The molecular formula is C15H18FN3O2. The van der Waals surface area contributed by atoms with Gasteiger partial charge in [0.25, 0.3) is 5.56 Å². The molecule has 6 heteroatoms. The Labute approximate surface area is 122 Å². The summed E-state index contributed by atoms with van der Waals surface area (Å²) in [6.45, 7) is 4.07. The highest BCUT2D eigenvalue weighted by Gasteiger charge is 2.33. The summed E-state index contributed by atoms with van der Waals surface area (Å²) in [5.74, 6) is -0.389. The zero-order chi connectivity index (χ0) is 15.0. The van der Waals surface area contributed by atoms with Crippen molar-refractivity contribution in [2.45, 2.75) is 19.1 Å². The van der Waals surface area contributed by atoms with Gasteiger partial charge in [0.05, 0.1) is 29.4 Å². The van der Waals surface area contributed by atoms with Crippen LogP contribution in [-0.2, 0) is 4.74 Å². The van der Waals surface area contributed by atoms with Crippen molar-refractivity contribution in [2.24, 2.45) is 0 Å². The molecule has 1 aromatic carbocycles. The standard InChI is InChI=1S/C15H18FN3O2/c1-3-21-14-8-18(2)7-13(14)19-9-17-12-6-10(16)4-5-11(12)15(19)20/h4-6,9,13-14H,3,7-8H2,1-2H3/t13-,14-/m0/s1. The summed E-state index contributed by atoms with van der Waals surface area (Å²) >= 11 is 0. The van der Waals surface area contributed by atoms with Gasteiger partial charge < -0.3 is 9.64 Å². The lowest BCUT2D eigenvalue weighted by Gasteiger charge is -2.20. The Morgan fingerprint density at radius 3 is 3.00 bits per heavy atom. The van der Waals surface area contributed by atoms with Gasteiger partial charge in [0, 0.05) is 25.8 Å². The van der Waals surface area contributed by atoms with Crippen LogP contribution in [0.25, 0.3) is 10.9 Å². The third-order valence-electron chi connectivity index (χ3n) is 3.90. The van der Waals surface area contributed by atoms with Crippen LogP contribution in [0.3, 0.4) is 0 Å². The highest BCUT2D eigenvalue weighted by atomic mass is 19.1. The summed E-state index contributed by atoms with van der Waals surface area (Å²) in [7, 11) is 2.00. The van der Waals surface area contributed by atoms with Crippen molar-refractivity contribution < 1.29 is 9.13 Å². The molecule has 2 heterocycles. The molecule has 112 valence electrons. The number of hydrogen-bond acceptors (Lipinski definition) is 4. The number of aromatic nitrogens is 2. The minimum Gasteiger partial charge on any atom is -0.375 e. The number of benzene rings is 1. The summed E-state index contributed by atoms with van der Waals surface area (Å²) in [5, 5.41) is 0.434. The van der Waals surface area contributed by atoms with Crippen LogP contribution in [0.15, 0.2) is 29.3 Å². The van der Waals surface area contributed by atoms with Crippen molar-refractivity contribution in [3.63, 3.8) is 0 Å². The van der Waals surface area contributed by atoms with Crippen molar-refractivity contribution in [1.82, 2.24) is 14.5 Å². The molecule has 2 aromatic rings. The Kier molecular flexibility index (Phi) is 3.73. The molecule has 0 saturated carbocycles. The van der Waals surface area contributed by atoms with E-state index in [1.54, 1.807) is 4.57 Å². The Morgan fingerprint density at radius 1 is 1.43 bits per heavy atom. The molecule has 0 unspecified atom stereocenters. The second kappa shape index (κ2) is 5.54. The first-order valence-electron chi connectivity index (χ1n) is 7.06. The van der Waals surface area contributed by atoms with Crippen LogP contribution in [0.2, 0.25) is 0 Å². The summed E-state index contributed by atoms with van der Waals surface area (Å²) in [5.41, 5.74) is 0.237. The average Bonchev–Trinajstić information content (AvgIpc) is 2.80. The van der Waals surface area contributed by atoms with Crippen LogP contribution in [0.5, 0.6) is 0 Å². The molecule has 5 nitrogen and oxygen atoms in total. The lowest BCUT2D eigenvalue weighted by atomic mass is 10.2. The Morgan fingerprint density at radius 2 is 2.24 bits per heavy atom. The zero-order valence-corrected chi connectivity index (χ0v) is 12.1. The first-order chi connectivity index (χ1) is 10.1. The van der Waals surface area contributed by atoms with E-state index in [1.807, 2.05) is 14.0 Å². The second-order valence-corrected chi connectivity index (χ2v) is 5.40. The number of rotatable bonds is 3. The molecule has 1 aliphatic rings. The van der Waals surface area contributed by atoms with E-state index >= 15 is 0 Å². The molecule has 3 rings (SSSR count). The number of ether oxygens (including phenoxy) is 1. The van der Waals surface area contributed by atoms with Gasteiger partial charge in [0.15, 0.2) is 0 Å². The van der Waals surface area contributed by atoms with Crippen LogP contribution < -0.4 is 5.56 Å². The van der Waals surface area contributed by atoms with E-state index in [-0.39, 0.29) is 23.5 Å². The van der Waals surface area contributed by atoms with E-state index in [2.05, 4.69) is 9.88 Å². The fourth-order valence-corrected chi connectivity index (χ4v) is 2.93. The molecule has 0 aliphatic carbocycles. The molecule has 2 atom stereocenters. The van der Waals surface area contributed by atoms with Gasteiger partial charge in [-0.3, -0.25) is 9.36 Å². The number of halogens is 1. The van der Waals surface area contributed by atoms with E-state index in [0.29, 0.717) is 17.5 Å². The van der Waals surface area contributed by atoms with Gasteiger partial charge in [-0.05, 0) is 26.1 Å². The Balaban J connectivity index is 2.06. The van der Waals surface area contributed by atoms with Crippen molar-refractivity contribution in [3.8, 4) is 0 Å². The number of nitrogens with zero attached hydrogens (tertiary/aromatic N) is 3. The van der Waals surface area contributed by atoms with Crippen molar-refractivity contribution >= 4 is 10.9 Å². The van der Waals surface area contributed by atoms with Gasteiger partial charge in [-0.15, -0.1) is 0 Å². The molecule has 0 spiro atoms. The molecule has 1 aliphatic heterocycles. The number of likely N-dealkylation sites (tertiary alicyclic amines) is 1. The van der Waals surface area contributed by atoms with E-state index in [0.717, 1.165) is 13.1 Å². The van der Waals surface area contributed by atoms with Gasteiger partial charge in [-0.25, -0.2) is 9.37 Å². The first kappa shape index (κ1) is 14.2. The lowest BCUT2D eigenvalue weighted by Crippen LogP contribution is -2.33. The minimum absolute atomic E-state index is 0.0302. The van der Waals surface area contributed by atoms with E-state index in [1.165, 1.54) is 24.5 Å². The maximum absolute atomic E-state index is 13.2. The van der Waals surface area contributed by atoms with Crippen LogP contribution in [0.1, 0.15) is 13.0 Å². The molecular weight excluding hydrogens is 273 g/mol. The highest BCUT2D eigenvalue weighted by Crippen LogP contribution is 2.23. The van der Waals surface area contributed by atoms with Crippen LogP contribution >= 0.6 is 0 Å². The van der Waals surface area contributed by atoms with E-state index in [4.69, 9.17) is 4.74 Å². The maximum Gasteiger partial charge on any atom is 0.261 e. The predicted molar refractivity (Wildman–Crippen MR) is 77.9 cm³/mol. The summed E-state index contributed by atoms with van der Waals surface area (Å²) < 4.78 is 20.6. The van der Waals surface area contributed by atoms with Gasteiger partial charge in [-0.2, -0.15) is 0 Å². The molecule has 1 aromatic heterocycles. The SMILES string of the molecule is CCO[C@H]1CN(C)C[C@@H]1n1cnc2cc(F)ccc2c1=O. The Hall–Kier alpha value is -1.79. The fourth-order valence-electron chi connectivity index (χ4n) is 2.93. The summed E-state index contributed by atoms with van der Waals surface area (Å²) in [4.78, 5) is 19.0. The van der Waals surface area contributed by atoms with E-state index < -0.39 is 0 Å². The summed E-state index contributed by atoms with van der Waals surface area (Å²) in [6.07, 6.45) is 1.47. The van der Waals surface area contributed by atoms with Crippen molar-refractivity contribution in [3.05, 3.63) is 40.7 Å². The maximum atomic E-state index is 13.2. The number of fused-ring (bicyclic) bond motifs is 1. The molecule has 0 bridgehead atoms. The van der Waals surface area contributed by atoms with Gasteiger partial charge in [0.2, 0.25) is 0 Å². The molecule has 0 amide bonds. The molecule has 0 N–H and O–H groups in total. The smallest absolute Gasteiger partial charge is 0.261 e. The summed E-state index contributed by atoms with van der Waals surface area (Å²) in [6, 6.07) is 3.99. The van der Waals surface area contributed by atoms with Gasteiger partial charge in [0.1, 0.15) is 5.82 Å². The lowest BCUT2D eigenvalue weighted by molar-refractivity contribution is 0.0459. The highest BCUT2D eigenvalue weighted by molar-refractivity contribution is 5.77. The monoisotopic (exact) mass is 291 g/mol. The van der Waals surface area contributed by atoms with Crippen molar-refractivity contribution in [2.75, 3.05) is 26.7 Å². The minimum atomic E-state index is -0.389. The number of hydrogen-bond donors (Lipinski definition) is 0. The van der Waals surface area contributed by atoms with Crippen molar-refractivity contribution in [1.29, 1.82) is 0 Å². The second-order valence-electron chi connectivity index (χ2n) is 5.40. The predicted octanol–water partition coefficient (Wildman–Crippen LogP) is 1.43. The fraction of sp³-hybridized carbons (Fsp3) is 0.467. The van der Waals surface area contributed by atoms with Gasteiger partial charge in [-0.1, -0.05) is 0 Å². The van der Waals surface area contributed by atoms with Crippen LogP contribution in [0, 0.1) is 5.82 Å². The number of likely N-dealkylation sites (N-methyl/N-ethyl adjacent to an activating group) is 1. The topological polar surface area (TPSA) is 47.4 Å². The molecule has 21 heavy (non-hydrogen) atoms. The van der Waals surface area contributed by atoms with Crippen LogP contribution in [0.4, 0.5) is 4.39 Å². The third-order valence-corrected chi connectivity index (χ3v) is 3.90. The van der Waals surface area contributed by atoms with E-state index in [9.17, 15) is 9.18 Å². The first-order valence-corrected chi connectivity index (χ1v) is 7.06. The largest absolute Gasteiger partial charge is 0.375 e. The molecule has 0 radical (unpaired) electrons. The Bertz CT molecular complexity index is 716. The zero-order valence-electron chi connectivity index (χ0n) is 12.1. The average molecular weight is 291 g/mol.